The molecule has 0 radical (unpaired) electrons. The molecule has 0 saturated carbocycles. The molecule has 1 aromatic carbocycles. The molecule has 2 N–H and O–H groups in total. The van der Waals surface area contributed by atoms with Crippen molar-refractivity contribution < 1.29 is 14.6 Å². The Labute approximate surface area is 183 Å². The van der Waals surface area contributed by atoms with Gasteiger partial charge in [-0.3, -0.25) is 9.48 Å². The van der Waals surface area contributed by atoms with Gasteiger partial charge in [-0.15, -0.1) is 0 Å². The van der Waals surface area contributed by atoms with Crippen LogP contribution in [-0.4, -0.2) is 48.6 Å². The molecule has 0 spiro atoms. The predicted octanol–water partition coefficient (Wildman–Crippen LogP) is 3.28. The quantitative estimate of drug-likeness (QED) is 0.456. The van der Waals surface area contributed by atoms with E-state index >= 15 is 0 Å². The van der Waals surface area contributed by atoms with Crippen LogP contribution in [0.1, 0.15) is 23.7 Å². The second-order valence-corrected chi connectivity index (χ2v) is 7.36. The molecule has 0 bridgehead atoms. The summed E-state index contributed by atoms with van der Waals surface area (Å²) in [6.45, 7) is 2.16. The molecule has 0 aliphatic rings. The van der Waals surface area contributed by atoms with Crippen molar-refractivity contribution >= 4 is 28.8 Å². The van der Waals surface area contributed by atoms with Gasteiger partial charge in [0.05, 0.1) is 31.6 Å². The Balaban J connectivity index is 1.75. The van der Waals surface area contributed by atoms with Gasteiger partial charge in [-0.25, -0.2) is 9.50 Å². The first-order chi connectivity index (χ1) is 15.0. The lowest BCUT2D eigenvalue weighted by Gasteiger charge is -2.09. The average molecular weight is 441 g/mol. The average Bonchev–Trinajstić information content (AvgIpc) is 3.37. The number of aliphatic hydroxyl groups is 1. The lowest BCUT2D eigenvalue weighted by molar-refractivity contribution is 0.102. The van der Waals surface area contributed by atoms with Gasteiger partial charge in [0, 0.05) is 29.2 Å². The van der Waals surface area contributed by atoms with E-state index in [-0.39, 0.29) is 12.5 Å². The largest absolute Gasteiger partial charge is 0.496 e. The van der Waals surface area contributed by atoms with Gasteiger partial charge in [-0.05, 0) is 30.7 Å². The van der Waals surface area contributed by atoms with Gasteiger partial charge in [0.15, 0.2) is 5.65 Å². The van der Waals surface area contributed by atoms with Gasteiger partial charge in [0.2, 0.25) is 0 Å². The van der Waals surface area contributed by atoms with Gasteiger partial charge < -0.3 is 15.2 Å². The Morgan fingerprint density at radius 2 is 2.23 bits per heavy atom. The molecule has 9 nitrogen and oxygen atoms in total. The van der Waals surface area contributed by atoms with Crippen molar-refractivity contribution in [1.82, 2.24) is 24.4 Å². The molecular formula is C21H21ClN6O3. The molecule has 4 rings (SSSR count). The molecule has 1 amide bonds. The van der Waals surface area contributed by atoms with Crippen molar-refractivity contribution in [2.75, 3.05) is 12.4 Å². The summed E-state index contributed by atoms with van der Waals surface area (Å²) >= 11 is 6.21. The number of carbonyl (C=O) groups excluding carboxylic acids is 1. The Bertz CT molecular complexity index is 1240. The normalized spacial score (nSPS) is 12.1. The SMILES string of the molecule is CC[C@@H](O)Cn1cc(NC(=O)c2cnn3cccnc23)c(-c2cc(Cl)ccc2OC)n1. The smallest absolute Gasteiger partial charge is 0.261 e. The molecule has 10 heteroatoms. The van der Waals surface area contributed by atoms with E-state index in [0.717, 1.165) is 0 Å². The van der Waals surface area contributed by atoms with Gasteiger partial charge in [0.1, 0.15) is 17.0 Å². The number of carbonyl (C=O) groups is 1. The minimum atomic E-state index is -0.568. The van der Waals surface area contributed by atoms with Crippen LogP contribution in [-0.2, 0) is 6.54 Å². The van der Waals surface area contributed by atoms with Crippen molar-refractivity contribution in [2.24, 2.45) is 0 Å². The van der Waals surface area contributed by atoms with E-state index in [1.165, 1.54) is 10.7 Å². The highest BCUT2D eigenvalue weighted by molar-refractivity contribution is 6.31. The summed E-state index contributed by atoms with van der Waals surface area (Å²) in [5.41, 5.74) is 2.30. The van der Waals surface area contributed by atoms with Gasteiger partial charge in [0.25, 0.3) is 5.91 Å². The topological polar surface area (TPSA) is 107 Å². The highest BCUT2D eigenvalue weighted by atomic mass is 35.5. The lowest BCUT2D eigenvalue weighted by Crippen LogP contribution is -2.15. The molecule has 3 aromatic heterocycles. The first-order valence-corrected chi connectivity index (χ1v) is 10.1. The van der Waals surface area contributed by atoms with Crippen molar-refractivity contribution in [2.45, 2.75) is 26.0 Å². The molecule has 31 heavy (non-hydrogen) atoms. The number of rotatable bonds is 7. The molecular weight excluding hydrogens is 420 g/mol. The molecule has 0 saturated heterocycles. The second kappa shape index (κ2) is 8.75. The maximum atomic E-state index is 13.0. The number of fused-ring (bicyclic) bond motifs is 1. The van der Waals surface area contributed by atoms with Crippen molar-refractivity contribution in [3.8, 4) is 17.0 Å². The molecule has 1 atom stereocenters. The van der Waals surface area contributed by atoms with E-state index in [2.05, 4.69) is 20.5 Å². The third kappa shape index (κ3) is 4.23. The Morgan fingerprint density at radius 1 is 1.39 bits per heavy atom. The Morgan fingerprint density at radius 3 is 3.00 bits per heavy atom. The van der Waals surface area contributed by atoms with Crippen molar-refractivity contribution in [3.05, 3.63) is 59.6 Å². The van der Waals surface area contributed by atoms with Crippen LogP contribution in [0.3, 0.4) is 0 Å². The number of methoxy groups -OCH3 is 1. The number of aromatic nitrogens is 5. The van der Waals surface area contributed by atoms with E-state index in [0.29, 0.717) is 45.3 Å². The molecule has 0 aliphatic heterocycles. The number of nitrogens with one attached hydrogen (secondary N) is 1. The molecule has 0 unspecified atom stereocenters. The summed E-state index contributed by atoms with van der Waals surface area (Å²) < 4.78 is 8.58. The number of hydrogen-bond donors (Lipinski definition) is 2. The monoisotopic (exact) mass is 440 g/mol. The van der Waals surface area contributed by atoms with Crippen LogP contribution < -0.4 is 10.1 Å². The fraction of sp³-hybridized carbons (Fsp3) is 0.238. The first-order valence-electron chi connectivity index (χ1n) is 9.69. The summed E-state index contributed by atoms with van der Waals surface area (Å²) in [7, 11) is 1.55. The second-order valence-electron chi connectivity index (χ2n) is 6.92. The lowest BCUT2D eigenvalue weighted by atomic mass is 10.1. The Kier molecular flexibility index (Phi) is 5.88. The third-order valence-electron chi connectivity index (χ3n) is 4.82. The van der Waals surface area contributed by atoms with Crippen LogP contribution in [0.15, 0.2) is 49.1 Å². The summed E-state index contributed by atoms with van der Waals surface area (Å²) in [5, 5.41) is 22.2. The van der Waals surface area contributed by atoms with Gasteiger partial charge in [-0.2, -0.15) is 10.2 Å². The first kappa shape index (κ1) is 20.8. The van der Waals surface area contributed by atoms with Crippen LogP contribution in [0.2, 0.25) is 5.02 Å². The number of anilines is 1. The predicted molar refractivity (Wildman–Crippen MR) is 116 cm³/mol. The maximum absolute atomic E-state index is 13.0. The highest BCUT2D eigenvalue weighted by Crippen LogP contribution is 2.36. The number of nitrogens with zero attached hydrogens (tertiary/aromatic N) is 5. The Hall–Kier alpha value is -3.43. The number of ether oxygens (including phenoxy) is 1. The van der Waals surface area contributed by atoms with Crippen LogP contribution in [0.4, 0.5) is 5.69 Å². The summed E-state index contributed by atoms with van der Waals surface area (Å²) in [5.74, 6) is 0.172. The van der Waals surface area contributed by atoms with E-state index in [9.17, 15) is 9.90 Å². The zero-order chi connectivity index (χ0) is 22.0. The van der Waals surface area contributed by atoms with E-state index < -0.39 is 6.10 Å². The van der Waals surface area contributed by atoms with Gasteiger partial charge >= 0.3 is 0 Å². The molecule has 4 aromatic rings. The molecule has 3 heterocycles. The minimum absolute atomic E-state index is 0.278. The van der Waals surface area contributed by atoms with Gasteiger partial charge in [-0.1, -0.05) is 18.5 Å². The van der Waals surface area contributed by atoms with Crippen LogP contribution in [0, 0.1) is 0 Å². The van der Waals surface area contributed by atoms with Crippen molar-refractivity contribution in [3.63, 3.8) is 0 Å². The molecule has 0 fully saturated rings. The summed E-state index contributed by atoms with van der Waals surface area (Å²) in [4.78, 5) is 17.3. The third-order valence-corrected chi connectivity index (χ3v) is 5.05. The van der Waals surface area contributed by atoms with E-state index in [1.54, 1.807) is 54.6 Å². The summed E-state index contributed by atoms with van der Waals surface area (Å²) in [6, 6.07) is 6.90. The summed E-state index contributed by atoms with van der Waals surface area (Å²) in [6.07, 6.45) is 6.45. The van der Waals surface area contributed by atoms with Crippen molar-refractivity contribution in [1.29, 1.82) is 0 Å². The maximum Gasteiger partial charge on any atom is 0.261 e. The number of benzene rings is 1. The fourth-order valence-corrected chi connectivity index (χ4v) is 3.36. The molecule has 160 valence electrons. The molecule has 0 aliphatic carbocycles. The zero-order valence-electron chi connectivity index (χ0n) is 17.0. The van der Waals surface area contributed by atoms with Crippen LogP contribution in [0.25, 0.3) is 16.9 Å². The number of aliphatic hydroxyl groups excluding tert-OH is 1. The number of hydrogen-bond acceptors (Lipinski definition) is 6. The van der Waals surface area contributed by atoms with E-state index in [4.69, 9.17) is 16.3 Å². The minimum Gasteiger partial charge on any atom is -0.496 e. The fourth-order valence-electron chi connectivity index (χ4n) is 3.19. The zero-order valence-corrected chi connectivity index (χ0v) is 17.7. The number of halogens is 1. The van der Waals surface area contributed by atoms with Crippen LogP contribution >= 0.6 is 11.6 Å². The number of amides is 1. The highest BCUT2D eigenvalue weighted by Gasteiger charge is 2.21. The van der Waals surface area contributed by atoms with E-state index in [1.807, 2.05) is 6.92 Å². The van der Waals surface area contributed by atoms with Crippen LogP contribution in [0.5, 0.6) is 5.75 Å². The standard InChI is InChI=1S/C21H21ClN6O3/c1-3-14(29)11-27-12-17(19(26-27)15-9-13(22)5-6-18(15)31-2)25-21(30)16-10-24-28-8-4-7-23-20(16)28/h4-10,12,14,29H,3,11H2,1-2H3,(H,25,30)/t14-/m1/s1.